The lowest BCUT2D eigenvalue weighted by Gasteiger charge is -2.24. The molecule has 0 aliphatic carbocycles. The first-order chi connectivity index (χ1) is 14.3. The number of benzene rings is 2. The second-order valence-corrected chi connectivity index (χ2v) is 7.21. The Morgan fingerprint density at radius 3 is 2.63 bits per heavy atom. The first-order valence-electron chi connectivity index (χ1n) is 9.05. The highest BCUT2D eigenvalue weighted by Gasteiger charge is 2.49. The summed E-state index contributed by atoms with van der Waals surface area (Å²) < 4.78 is 10.5. The van der Waals surface area contributed by atoms with Crippen LogP contribution in [-0.2, 0) is 14.4 Å². The number of anilines is 1. The smallest absolute Gasteiger partial charge is 0.308 e. The Morgan fingerprint density at radius 1 is 1.23 bits per heavy atom. The first kappa shape index (κ1) is 21.4. The molecule has 0 fully saturated rings. The third-order valence-corrected chi connectivity index (χ3v) is 5.28. The average molecular weight is 433 g/mol. The number of nitrogens with zero attached hydrogens (tertiary/aromatic N) is 1. The van der Waals surface area contributed by atoms with Crippen LogP contribution >= 0.6 is 11.6 Å². The number of oxime groups is 1. The lowest BCUT2D eigenvalue weighted by atomic mass is 9.90. The average Bonchev–Trinajstić information content (AvgIpc) is 3.15. The highest BCUT2D eigenvalue weighted by atomic mass is 35.5. The zero-order valence-corrected chi connectivity index (χ0v) is 17.4. The van der Waals surface area contributed by atoms with E-state index in [0.717, 1.165) is 0 Å². The van der Waals surface area contributed by atoms with Crippen LogP contribution < -0.4 is 14.8 Å². The van der Waals surface area contributed by atoms with Gasteiger partial charge in [0.05, 0.1) is 26.4 Å². The van der Waals surface area contributed by atoms with Gasteiger partial charge < -0.3 is 24.7 Å². The minimum Gasteiger partial charge on any atom is -0.493 e. The third kappa shape index (κ3) is 4.18. The minimum atomic E-state index is -1.69. The van der Waals surface area contributed by atoms with Crippen LogP contribution in [0.3, 0.4) is 0 Å². The fraction of sp³-hybridized carbons (Fsp3) is 0.286. The maximum atomic E-state index is 13.1. The second kappa shape index (κ2) is 8.62. The monoisotopic (exact) mass is 432 g/mol. The van der Waals surface area contributed by atoms with Gasteiger partial charge in [-0.3, -0.25) is 9.59 Å². The van der Waals surface area contributed by atoms with Crippen LogP contribution in [0.4, 0.5) is 5.69 Å². The molecule has 3 rings (SSSR count). The maximum absolute atomic E-state index is 13.1. The summed E-state index contributed by atoms with van der Waals surface area (Å²) in [5.41, 5.74) is 0.502. The summed E-state index contributed by atoms with van der Waals surface area (Å²) >= 11 is 6.11. The molecule has 1 atom stereocenters. The van der Waals surface area contributed by atoms with Gasteiger partial charge in [0.15, 0.2) is 11.5 Å². The van der Waals surface area contributed by atoms with Crippen molar-refractivity contribution in [2.24, 2.45) is 5.16 Å². The van der Waals surface area contributed by atoms with E-state index >= 15 is 0 Å². The minimum absolute atomic E-state index is 0.0275. The Bertz CT molecular complexity index is 1020. The van der Waals surface area contributed by atoms with Crippen LogP contribution in [0, 0.1) is 6.92 Å². The van der Waals surface area contributed by atoms with Crippen LogP contribution in [0.15, 0.2) is 41.6 Å². The van der Waals surface area contributed by atoms with Gasteiger partial charge in [0, 0.05) is 22.7 Å². The van der Waals surface area contributed by atoms with Crippen molar-refractivity contribution in [3.8, 4) is 11.5 Å². The van der Waals surface area contributed by atoms with E-state index in [9.17, 15) is 14.7 Å². The number of nitrogens with one attached hydrogen (secondary N) is 1. The van der Waals surface area contributed by atoms with Gasteiger partial charge in [0.25, 0.3) is 5.91 Å². The normalized spacial score (nSPS) is 17.7. The number of carboxylic acid groups (broad SMARTS) is 1. The lowest BCUT2D eigenvalue weighted by Crippen LogP contribution is -2.45. The Labute approximate surface area is 178 Å². The largest absolute Gasteiger partial charge is 0.493 e. The molecule has 1 aliphatic heterocycles. The summed E-state index contributed by atoms with van der Waals surface area (Å²) in [4.78, 5) is 30.0. The first-order valence-corrected chi connectivity index (χ1v) is 9.43. The van der Waals surface area contributed by atoms with Gasteiger partial charge in [-0.25, -0.2) is 0 Å². The van der Waals surface area contributed by atoms with Crippen molar-refractivity contribution in [2.45, 2.75) is 25.4 Å². The molecule has 1 amide bonds. The van der Waals surface area contributed by atoms with Gasteiger partial charge in [-0.1, -0.05) is 22.8 Å². The summed E-state index contributed by atoms with van der Waals surface area (Å²) in [7, 11) is 3.03. The van der Waals surface area contributed by atoms with E-state index in [1.807, 2.05) is 0 Å². The zero-order valence-electron chi connectivity index (χ0n) is 16.7. The molecule has 0 saturated carbocycles. The molecule has 2 aromatic carbocycles. The molecular formula is C21H21ClN2O6. The number of hydrogen-bond donors (Lipinski definition) is 2. The standard InChI is InChI=1S/C21H21ClN2O6/c1-12-14(22)5-4-6-15(12)23-20(27)21(11-19(25)26)10-16(24-30-21)13-7-8-17(28-2)18(9-13)29-3/h4-9H,10-11H2,1-3H3,(H,23,27)(H,25,26)/t21-/m0/s1. The number of hydrogen-bond acceptors (Lipinski definition) is 6. The van der Waals surface area contributed by atoms with Gasteiger partial charge in [0.1, 0.15) is 0 Å². The van der Waals surface area contributed by atoms with Gasteiger partial charge in [-0.2, -0.15) is 0 Å². The number of carbonyl (C=O) groups is 2. The number of halogens is 1. The van der Waals surface area contributed by atoms with Gasteiger partial charge in [-0.15, -0.1) is 0 Å². The molecule has 9 heteroatoms. The third-order valence-electron chi connectivity index (χ3n) is 4.87. The second-order valence-electron chi connectivity index (χ2n) is 6.81. The van der Waals surface area contributed by atoms with E-state index in [4.69, 9.17) is 25.9 Å². The van der Waals surface area contributed by atoms with Crippen molar-refractivity contribution in [2.75, 3.05) is 19.5 Å². The van der Waals surface area contributed by atoms with Gasteiger partial charge in [-0.05, 0) is 42.8 Å². The molecule has 2 aromatic rings. The lowest BCUT2D eigenvalue weighted by molar-refractivity contribution is -0.152. The van der Waals surface area contributed by atoms with Crippen LogP contribution in [-0.4, -0.2) is 42.5 Å². The Morgan fingerprint density at radius 2 is 1.97 bits per heavy atom. The van der Waals surface area contributed by atoms with Crippen molar-refractivity contribution in [1.82, 2.24) is 0 Å². The Hall–Kier alpha value is -3.26. The van der Waals surface area contributed by atoms with Crippen LogP contribution in [0.1, 0.15) is 24.0 Å². The van der Waals surface area contributed by atoms with Crippen molar-refractivity contribution in [3.63, 3.8) is 0 Å². The fourth-order valence-electron chi connectivity index (χ4n) is 3.17. The summed E-state index contributed by atoms with van der Waals surface area (Å²) in [6.45, 7) is 1.75. The number of methoxy groups -OCH3 is 2. The molecular weight excluding hydrogens is 412 g/mol. The summed E-state index contributed by atoms with van der Waals surface area (Å²) in [5, 5.41) is 16.6. The Kier molecular flexibility index (Phi) is 6.17. The van der Waals surface area contributed by atoms with E-state index in [0.29, 0.717) is 39.0 Å². The number of rotatable bonds is 7. The molecule has 0 saturated heterocycles. The van der Waals surface area contributed by atoms with E-state index in [1.165, 1.54) is 14.2 Å². The van der Waals surface area contributed by atoms with E-state index in [2.05, 4.69) is 10.5 Å². The topological polar surface area (TPSA) is 106 Å². The quantitative estimate of drug-likeness (QED) is 0.691. The van der Waals surface area contributed by atoms with Crippen molar-refractivity contribution in [3.05, 3.63) is 52.5 Å². The number of carboxylic acids is 1. The molecule has 30 heavy (non-hydrogen) atoms. The number of carbonyl (C=O) groups excluding carboxylic acids is 1. The Balaban J connectivity index is 1.88. The predicted molar refractivity (Wildman–Crippen MR) is 112 cm³/mol. The fourth-order valence-corrected chi connectivity index (χ4v) is 3.34. The van der Waals surface area contributed by atoms with E-state index < -0.39 is 23.9 Å². The van der Waals surface area contributed by atoms with Crippen molar-refractivity contribution < 1.29 is 29.0 Å². The number of aliphatic carboxylic acids is 1. The molecule has 1 heterocycles. The van der Waals surface area contributed by atoms with Crippen molar-refractivity contribution in [1.29, 1.82) is 0 Å². The maximum Gasteiger partial charge on any atom is 0.308 e. The summed E-state index contributed by atoms with van der Waals surface area (Å²) in [5.74, 6) is -0.787. The highest BCUT2D eigenvalue weighted by molar-refractivity contribution is 6.31. The summed E-state index contributed by atoms with van der Waals surface area (Å²) in [6, 6.07) is 10.2. The van der Waals surface area contributed by atoms with Crippen molar-refractivity contribution >= 4 is 34.9 Å². The highest BCUT2D eigenvalue weighted by Crippen LogP contribution is 2.35. The summed E-state index contributed by atoms with van der Waals surface area (Å²) in [6.07, 6.45) is -0.584. The predicted octanol–water partition coefficient (Wildman–Crippen LogP) is 3.64. The SMILES string of the molecule is COc1ccc(C2=NO[C@@](CC(=O)O)(C(=O)Nc3cccc(Cl)c3C)C2)cc1OC. The van der Waals surface area contributed by atoms with Gasteiger partial charge >= 0.3 is 5.97 Å². The van der Waals surface area contributed by atoms with Crippen LogP contribution in [0.5, 0.6) is 11.5 Å². The van der Waals surface area contributed by atoms with Gasteiger partial charge in [0.2, 0.25) is 5.60 Å². The number of amides is 1. The molecule has 1 aliphatic rings. The van der Waals surface area contributed by atoms with Crippen LogP contribution in [0.2, 0.25) is 5.02 Å². The van der Waals surface area contributed by atoms with E-state index in [-0.39, 0.29) is 6.42 Å². The zero-order chi connectivity index (χ0) is 21.9. The molecule has 2 N–H and O–H groups in total. The molecule has 0 unspecified atom stereocenters. The van der Waals surface area contributed by atoms with E-state index in [1.54, 1.807) is 43.3 Å². The molecule has 0 spiro atoms. The molecule has 0 bridgehead atoms. The molecule has 158 valence electrons. The molecule has 0 aromatic heterocycles. The number of ether oxygens (including phenoxy) is 2. The van der Waals surface area contributed by atoms with Crippen LogP contribution in [0.25, 0.3) is 0 Å². The molecule has 0 radical (unpaired) electrons. The molecule has 8 nitrogen and oxygen atoms in total.